The fourth-order valence-electron chi connectivity index (χ4n) is 1.85. The highest BCUT2D eigenvalue weighted by molar-refractivity contribution is 7.99. The lowest BCUT2D eigenvalue weighted by Crippen LogP contribution is -2.31. The Morgan fingerprint density at radius 1 is 1.30 bits per heavy atom. The van der Waals surface area contributed by atoms with E-state index in [4.69, 9.17) is 11.6 Å². The van der Waals surface area contributed by atoms with Gasteiger partial charge in [-0.1, -0.05) is 41.6 Å². The van der Waals surface area contributed by atoms with E-state index in [2.05, 4.69) is 20.6 Å². The second-order valence-electron chi connectivity index (χ2n) is 5.20. The molecule has 0 saturated carbocycles. The molecule has 1 heterocycles. The second-order valence-corrected chi connectivity index (χ2v) is 6.60. The monoisotopic (exact) mass is 350 g/mol. The summed E-state index contributed by atoms with van der Waals surface area (Å²) in [4.78, 5) is 20.0. The number of carbonyl (C=O) groups excluding carboxylic acids is 1. The Bertz CT molecular complexity index is 666. The van der Waals surface area contributed by atoms with Gasteiger partial charge in [-0.25, -0.2) is 9.97 Å². The van der Waals surface area contributed by atoms with Crippen molar-refractivity contribution in [2.75, 3.05) is 11.1 Å². The molecule has 2 N–H and O–H groups in total. The van der Waals surface area contributed by atoms with Crippen molar-refractivity contribution >= 4 is 35.1 Å². The van der Waals surface area contributed by atoms with Gasteiger partial charge in [0.1, 0.15) is 17.2 Å². The molecule has 1 amide bonds. The summed E-state index contributed by atoms with van der Waals surface area (Å²) in [5.74, 6) is 1.03. The number of hydrogen-bond acceptors (Lipinski definition) is 5. The van der Waals surface area contributed by atoms with Gasteiger partial charge in [-0.3, -0.25) is 4.79 Å². The summed E-state index contributed by atoms with van der Waals surface area (Å²) in [6, 6.07) is 9.62. The van der Waals surface area contributed by atoms with Crippen molar-refractivity contribution in [1.82, 2.24) is 15.3 Å². The van der Waals surface area contributed by atoms with Crippen LogP contribution in [0, 0.1) is 0 Å². The van der Waals surface area contributed by atoms with Crippen molar-refractivity contribution in [3.8, 4) is 0 Å². The zero-order chi connectivity index (χ0) is 16.7. The van der Waals surface area contributed by atoms with Crippen LogP contribution in [0.2, 0.25) is 5.02 Å². The smallest absolute Gasteiger partial charge is 0.230 e. The lowest BCUT2D eigenvalue weighted by molar-refractivity contribution is -0.119. The molecule has 0 saturated heterocycles. The van der Waals surface area contributed by atoms with E-state index < -0.39 is 0 Å². The minimum absolute atomic E-state index is 0.00538. The van der Waals surface area contributed by atoms with E-state index in [-0.39, 0.29) is 11.9 Å². The van der Waals surface area contributed by atoms with Crippen molar-refractivity contribution in [3.05, 3.63) is 47.2 Å². The molecule has 0 radical (unpaired) electrons. The number of carbonyl (C=O) groups is 1. The molecule has 1 aromatic carbocycles. The van der Waals surface area contributed by atoms with Crippen LogP contribution in [-0.2, 0) is 11.3 Å². The Kier molecular flexibility index (Phi) is 6.67. The molecule has 0 atom stereocenters. The first kappa shape index (κ1) is 17.6. The van der Waals surface area contributed by atoms with E-state index in [0.717, 1.165) is 10.6 Å². The van der Waals surface area contributed by atoms with Gasteiger partial charge in [0.05, 0.1) is 5.75 Å². The van der Waals surface area contributed by atoms with Crippen LogP contribution in [-0.4, -0.2) is 27.7 Å². The largest absolute Gasteiger partial charge is 0.366 e. The van der Waals surface area contributed by atoms with Crippen LogP contribution >= 0.6 is 23.4 Å². The molecule has 0 bridgehead atoms. The first-order valence-corrected chi connectivity index (χ1v) is 8.62. The molecule has 0 aliphatic rings. The summed E-state index contributed by atoms with van der Waals surface area (Å²) in [5, 5.41) is 7.53. The molecule has 0 aliphatic carbocycles. The van der Waals surface area contributed by atoms with Crippen molar-refractivity contribution < 1.29 is 4.79 Å². The summed E-state index contributed by atoms with van der Waals surface area (Å²) in [5.41, 5.74) is 0.998. The molecule has 5 nitrogen and oxygen atoms in total. The van der Waals surface area contributed by atoms with Gasteiger partial charge >= 0.3 is 0 Å². The van der Waals surface area contributed by atoms with Gasteiger partial charge in [-0.2, -0.15) is 0 Å². The number of thioether (sulfide) groups is 1. The van der Waals surface area contributed by atoms with Crippen molar-refractivity contribution in [3.63, 3.8) is 0 Å². The fourth-order valence-corrected chi connectivity index (χ4v) is 2.73. The summed E-state index contributed by atoms with van der Waals surface area (Å²) < 4.78 is 0. The molecule has 0 fully saturated rings. The number of anilines is 1. The van der Waals surface area contributed by atoms with Crippen molar-refractivity contribution in [2.45, 2.75) is 31.5 Å². The molecule has 2 aromatic rings. The molecule has 0 spiro atoms. The predicted molar refractivity (Wildman–Crippen MR) is 94.8 cm³/mol. The first-order chi connectivity index (χ1) is 11.0. The third-order valence-corrected chi connectivity index (χ3v) is 4.15. The van der Waals surface area contributed by atoms with Crippen LogP contribution in [0.3, 0.4) is 0 Å². The van der Waals surface area contributed by atoms with Crippen molar-refractivity contribution in [1.29, 1.82) is 0 Å². The standard InChI is InChI=1S/C16H19ClN4OS/c1-11(2)21-15(22)9-23-16-7-14(19-10-20-16)18-8-12-5-3-4-6-13(12)17/h3-7,10-11H,8-9H2,1-2H3,(H,21,22)(H,18,19,20). The molecular weight excluding hydrogens is 332 g/mol. The number of nitrogens with zero attached hydrogens (tertiary/aromatic N) is 2. The maximum Gasteiger partial charge on any atom is 0.230 e. The highest BCUT2D eigenvalue weighted by atomic mass is 35.5. The number of benzene rings is 1. The molecule has 122 valence electrons. The number of amides is 1. The lowest BCUT2D eigenvalue weighted by atomic mass is 10.2. The topological polar surface area (TPSA) is 66.9 Å². The third-order valence-electron chi connectivity index (χ3n) is 2.86. The number of aromatic nitrogens is 2. The van der Waals surface area contributed by atoms with Gasteiger partial charge in [-0.05, 0) is 25.5 Å². The summed E-state index contributed by atoms with van der Waals surface area (Å²) >= 11 is 7.51. The molecular formula is C16H19ClN4OS. The van der Waals surface area contributed by atoms with E-state index in [1.54, 1.807) is 0 Å². The van der Waals surface area contributed by atoms with Crippen LogP contribution in [0.1, 0.15) is 19.4 Å². The van der Waals surface area contributed by atoms with Crippen LogP contribution < -0.4 is 10.6 Å². The SMILES string of the molecule is CC(C)NC(=O)CSc1cc(NCc2ccccc2Cl)ncn1. The van der Waals surface area contributed by atoms with E-state index >= 15 is 0 Å². The molecule has 0 aliphatic heterocycles. The summed E-state index contributed by atoms with van der Waals surface area (Å²) in [7, 11) is 0. The van der Waals surface area contributed by atoms with E-state index in [9.17, 15) is 4.79 Å². The van der Waals surface area contributed by atoms with Crippen LogP contribution in [0.15, 0.2) is 41.7 Å². The fraction of sp³-hybridized carbons (Fsp3) is 0.312. The first-order valence-electron chi connectivity index (χ1n) is 7.26. The van der Waals surface area contributed by atoms with Crippen LogP contribution in [0.25, 0.3) is 0 Å². The van der Waals surface area contributed by atoms with E-state index in [1.165, 1.54) is 18.1 Å². The zero-order valence-electron chi connectivity index (χ0n) is 13.0. The summed E-state index contributed by atoms with van der Waals surface area (Å²) in [6.45, 7) is 4.45. The average molecular weight is 351 g/mol. The molecule has 7 heteroatoms. The molecule has 23 heavy (non-hydrogen) atoms. The lowest BCUT2D eigenvalue weighted by Gasteiger charge is -2.09. The summed E-state index contributed by atoms with van der Waals surface area (Å²) in [6.07, 6.45) is 1.48. The van der Waals surface area contributed by atoms with Gasteiger partial charge in [0.15, 0.2) is 0 Å². The van der Waals surface area contributed by atoms with Gasteiger partial charge < -0.3 is 10.6 Å². The number of hydrogen-bond donors (Lipinski definition) is 2. The van der Waals surface area contributed by atoms with Gasteiger partial charge in [0, 0.05) is 23.7 Å². The molecule has 1 aromatic heterocycles. The number of rotatable bonds is 7. The maximum atomic E-state index is 11.7. The zero-order valence-corrected chi connectivity index (χ0v) is 14.6. The van der Waals surface area contributed by atoms with E-state index in [1.807, 2.05) is 44.2 Å². The Labute approximate surface area is 145 Å². The normalized spacial score (nSPS) is 10.6. The van der Waals surface area contributed by atoms with Crippen LogP contribution in [0.4, 0.5) is 5.82 Å². The quantitative estimate of drug-likeness (QED) is 0.592. The third kappa shape index (κ3) is 6.08. The predicted octanol–water partition coefficient (Wildman–Crippen LogP) is 3.36. The Hall–Kier alpha value is -1.79. The van der Waals surface area contributed by atoms with Crippen LogP contribution in [0.5, 0.6) is 0 Å². The minimum Gasteiger partial charge on any atom is -0.366 e. The van der Waals surface area contributed by atoms with Gasteiger partial charge in [0.25, 0.3) is 0 Å². The highest BCUT2D eigenvalue weighted by Crippen LogP contribution is 2.19. The van der Waals surface area contributed by atoms with Crippen molar-refractivity contribution in [2.24, 2.45) is 0 Å². The highest BCUT2D eigenvalue weighted by Gasteiger charge is 2.06. The van der Waals surface area contributed by atoms with Gasteiger partial charge in [0.2, 0.25) is 5.91 Å². The molecule has 2 rings (SSSR count). The average Bonchev–Trinajstić information content (AvgIpc) is 2.52. The Morgan fingerprint density at radius 2 is 2.09 bits per heavy atom. The Balaban J connectivity index is 1.89. The van der Waals surface area contributed by atoms with Gasteiger partial charge in [-0.15, -0.1) is 0 Å². The molecule has 0 unspecified atom stereocenters. The number of halogens is 1. The Morgan fingerprint density at radius 3 is 2.83 bits per heavy atom. The van der Waals surface area contributed by atoms with E-state index in [0.29, 0.717) is 23.1 Å². The maximum absolute atomic E-state index is 11.7. The minimum atomic E-state index is -0.00538. The second kappa shape index (κ2) is 8.74. The number of nitrogens with one attached hydrogen (secondary N) is 2.